The van der Waals surface area contributed by atoms with E-state index in [1.807, 2.05) is 13.8 Å². The summed E-state index contributed by atoms with van der Waals surface area (Å²) in [4.78, 5) is 24.3. The molecule has 7 nitrogen and oxygen atoms in total. The van der Waals surface area contributed by atoms with Crippen LogP contribution >= 0.6 is 0 Å². The summed E-state index contributed by atoms with van der Waals surface area (Å²) in [5, 5.41) is 40.5. The van der Waals surface area contributed by atoms with Crippen LogP contribution in [-0.2, 0) is 14.3 Å². The Morgan fingerprint density at radius 3 is 2.43 bits per heavy atom. The smallest absolute Gasteiger partial charge is 0.308 e. The number of rotatable bonds is 3. The fourth-order valence-corrected chi connectivity index (χ4v) is 5.61. The monoisotopic (exact) mass is 489 g/mol. The van der Waals surface area contributed by atoms with Crippen LogP contribution in [0.4, 0.5) is 0 Å². The molecule has 0 radical (unpaired) electrons. The highest BCUT2D eigenvalue weighted by Crippen LogP contribution is 2.40. The third-order valence-corrected chi connectivity index (χ3v) is 8.00. The molecule has 7 heteroatoms. The molecule has 35 heavy (non-hydrogen) atoms. The number of aliphatic hydroxyl groups excluding tert-OH is 2. The number of esters is 1. The van der Waals surface area contributed by atoms with Crippen LogP contribution in [0.15, 0.2) is 23.8 Å². The van der Waals surface area contributed by atoms with Crippen molar-refractivity contribution >= 4 is 11.9 Å². The summed E-state index contributed by atoms with van der Waals surface area (Å²) in [6, 6.07) is 2.10. The van der Waals surface area contributed by atoms with Crippen molar-refractivity contribution in [2.75, 3.05) is 0 Å². The maximum absolute atomic E-state index is 12.7. The lowest BCUT2D eigenvalue weighted by Gasteiger charge is -2.38. The molecule has 0 bridgehead atoms. The molecule has 1 saturated carbocycles. The molecule has 1 aliphatic carbocycles. The average molecular weight is 490 g/mol. The van der Waals surface area contributed by atoms with Gasteiger partial charge in [0.2, 0.25) is 0 Å². The van der Waals surface area contributed by atoms with Crippen LogP contribution in [0.5, 0.6) is 0 Å². The third-order valence-electron chi connectivity index (χ3n) is 8.00. The highest BCUT2D eigenvalue weighted by atomic mass is 16.5. The van der Waals surface area contributed by atoms with Crippen LogP contribution in [0.1, 0.15) is 79.1 Å². The van der Waals surface area contributed by atoms with Gasteiger partial charge in [-0.2, -0.15) is 5.26 Å². The molecule has 0 spiro atoms. The van der Waals surface area contributed by atoms with E-state index in [4.69, 9.17) is 4.74 Å². The molecule has 0 aromatic carbocycles. The molecule has 9 atom stereocenters. The molecule has 0 amide bonds. The summed E-state index contributed by atoms with van der Waals surface area (Å²) >= 11 is 0. The van der Waals surface area contributed by atoms with Crippen LogP contribution in [0.25, 0.3) is 0 Å². The lowest BCUT2D eigenvalue weighted by atomic mass is 9.70. The molecular formula is C28H43NO6. The van der Waals surface area contributed by atoms with Gasteiger partial charge in [0.15, 0.2) is 0 Å². The molecule has 1 aliphatic heterocycles. The SMILES string of the molecule is CC[C@H]1C[C@@H](C)C[C@H](C)[C@@H](O)/C(C#N)=C\C=C\CC([C@@H]2CC[C@H]2C(=O)O)OC(=O)C[C@H](O)[C@@H](C)C1. The molecule has 2 rings (SSSR count). The van der Waals surface area contributed by atoms with Gasteiger partial charge in [0, 0.05) is 12.3 Å². The van der Waals surface area contributed by atoms with Crippen LogP contribution in [0.2, 0.25) is 0 Å². The van der Waals surface area contributed by atoms with Crippen molar-refractivity contribution in [2.24, 2.45) is 35.5 Å². The Balaban J connectivity index is 2.29. The van der Waals surface area contributed by atoms with Gasteiger partial charge in [0.1, 0.15) is 6.10 Å². The Morgan fingerprint density at radius 1 is 1.14 bits per heavy atom. The van der Waals surface area contributed by atoms with Gasteiger partial charge in [0.05, 0.1) is 36.2 Å². The first kappa shape index (κ1) is 29.1. The first-order chi connectivity index (χ1) is 16.6. The molecule has 2 aliphatic rings. The van der Waals surface area contributed by atoms with Crippen LogP contribution in [-0.4, -0.2) is 45.6 Å². The number of hydrogen-bond donors (Lipinski definition) is 3. The van der Waals surface area contributed by atoms with Gasteiger partial charge in [-0.05, 0) is 61.9 Å². The summed E-state index contributed by atoms with van der Waals surface area (Å²) in [7, 11) is 0. The van der Waals surface area contributed by atoms with E-state index in [1.54, 1.807) is 18.2 Å². The number of cyclic esters (lactones) is 1. The maximum atomic E-state index is 12.7. The number of allylic oxidation sites excluding steroid dienone is 2. The van der Waals surface area contributed by atoms with Gasteiger partial charge in [-0.1, -0.05) is 46.3 Å². The molecule has 3 N–H and O–H groups in total. The molecule has 1 unspecified atom stereocenters. The topological polar surface area (TPSA) is 128 Å². The highest BCUT2D eigenvalue weighted by Gasteiger charge is 2.43. The second-order valence-electron chi connectivity index (χ2n) is 10.9. The number of carbonyl (C=O) groups is 2. The highest BCUT2D eigenvalue weighted by molar-refractivity contribution is 5.72. The zero-order chi connectivity index (χ0) is 26.1. The Bertz CT molecular complexity index is 815. The van der Waals surface area contributed by atoms with Crippen LogP contribution in [0, 0.1) is 46.8 Å². The van der Waals surface area contributed by atoms with E-state index in [9.17, 15) is 30.2 Å². The summed E-state index contributed by atoms with van der Waals surface area (Å²) in [5.41, 5.74) is 0.284. The first-order valence-electron chi connectivity index (χ1n) is 13.1. The summed E-state index contributed by atoms with van der Waals surface area (Å²) in [5.74, 6) is -1.68. The minimum absolute atomic E-state index is 0.0799. The fraction of sp³-hybridized carbons (Fsp3) is 0.750. The third kappa shape index (κ3) is 8.47. The molecule has 1 heterocycles. The van der Waals surface area contributed by atoms with E-state index in [1.165, 1.54) is 0 Å². The van der Waals surface area contributed by atoms with E-state index in [-0.39, 0.29) is 29.7 Å². The number of hydrogen-bond acceptors (Lipinski definition) is 6. The average Bonchev–Trinajstić information content (AvgIpc) is 2.75. The molecule has 0 aromatic heterocycles. The van der Waals surface area contributed by atoms with E-state index >= 15 is 0 Å². The van der Waals surface area contributed by atoms with Gasteiger partial charge in [-0.25, -0.2) is 0 Å². The van der Waals surface area contributed by atoms with Gasteiger partial charge in [0.25, 0.3) is 0 Å². The largest absolute Gasteiger partial charge is 0.481 e. The summed E-state index contributed by atoms with van der Waals surface area (Å²) in [6.07, 6.45) is 7.58. The Kier molecular flexibility index (Phi) is 11.5. The molecule has 0 aromatic rings. The van der Waals surface area contributed by atoms with E-state index in [0.717, 1.165) is 25.7 Å². The number of carboxylic acids is 1. The van der Waals surface area contributed by atoms with Crippen molar-refractivity contribution in [1.29, 1.82) is 5.26 Å². The predicted octanol–water partition coefficient (Wildman–Crippen LogP) is 4.64. The molecule has 1 fully saturated rings. The number of ether oxygens (including phenoxy) is 1. The Morgan fingerprint density at radius 2 is 1.86 bits per heavy atom. The number of aliphatic carboxylic acids is 1. The van der Waals surface area contributed by atoms with Crippen molar-refractivity contribution < 1.29 is 29.6 Å². The molecular weight excluding hydrogens is 446 g/mol. The first-order valence-corrected chi connectivity index (χ1v) is 13.1. The van der Waals surface area contributed by atoms with Crippen molar-refractivity contribution in [2.45, 2.75) is 97.4 Å². The number of carboxylic acid groups (broad SMARTS) is 1. The number of aliphatic hydroxyl groups is 2. The minimum Gasteiger partial charge on any atom is -0.481 e. The van der Waals surface area contributed by atoms with Gasteiger partial charge < -0.3 is 20.1 Å². The quantitative estimate of drug-likeness (QED) is 0.493. The van der Waals surface area contributed by atoms with Gasteiger partial charge in [-0.3, -0.25) is 9.59 Å². The summed E-state index contributed by atoms with van der Waals surface area (Å²) in [6.45, 7) is 8.19. The summed E-state index contributed by atoms with van der Waals surface area (Å²) < 4.78 is 5.71. The zero-order valence-electron chi connectivity index (χ0n) is 21.6. The van der Waals surface area contributed by atoms with Crippen molar-refractivity contribution in [3.8, 4) is 6.07 Å². The van der Waals surface area contributed by atoms with Crippen molar-refractivity contribution in [1.82, 2.24) is 0 Å². The maximum Gasteiger partial charge on any atom is 0.308 e. The fourth-order valence-electron chi connectivity index (χ4n) is 5.61. The van der Waals surface area contributed by atoms with Crippen LogP contribution in [0.3, 0.4) is 0 Å². The minimum atomic E-state index is -0.891. The normalized spacial score (nSPS) is 40.5. The number of carbonyl (C=O) groups excluding carboxylic acids is 1. The van der Waals surface area contributed by atoms with Crippen molar-refractivity contribution in [3.63, 3.8) is 0 Å². The molecule has 196 valence electrons. The van der Waals surface area contributed by atoms with E-state index in [0.29, 0.717) is 31.1 Å². The predicted molar refractivity (Wildman–Crippen MR) is 133 cm³/mol. The van der Waals surface area contributed by atoms with E-state index in [2.05, 4.69) is 19.9 Å². The lowest BCUT2D eigenvalue weighted by Crippen LogP contribution is -2.42. The van der Waals surface area contributed by atoms with Crippen LogP contribution < -0.4 is 0 Å². The van der Waals surface area contributed by atoms with E-state index < -0.39 is 36.2 Å². The number of nitriles is 1. The second-order valence-corrected chi connectivity index (χ2v) is 10.9. The second kappa shape index (κ2) is 13.8. The Hall–Kier alpha value is -2.17. The van der Waals surface area contributed by atoms with Gasteiger partial charge in [-0.15, -0.1) is 0 Å². The zero-order valence-corrected chi connectivity index (χ0v) is 21.6. The van der Waals surface area contributed by atoms with Crippen molar-refractivity contribution in [3.05, 3.63) is 23.8 Å². The molecule has 0 saturated heterocycles. The van der Waals surface area contributed by atoms with Gasteiger partial charge >= 0.3 is 11.9 Å². The number of nitrogens with zero attached hydrogens (tertiary/aromatic N) is 1. The standard InChI is InChI=1S/C28H43NO6/c1-5-20-13-17(2)12-19(4)27(32)21(16-29)8-6-7-9-25(22-10-11-23(22)28(33)34)35-26(31)15-24(30)18(3)14-20/h6-8,17-20,22-25,27,30,32H,5,9-15H2,1-4H3,(H,33,34)/b7-6+,21-8-/t17-,18-,19-,20-,22+,23+,24-,25?,27+/m0/s1. The lowest BCUT2D eigenvalue weighted by molar-refractivity contribution is -0.165. The Labute approximate surface area is 209 Å².